The molecule has 0 spiro atoms. The van der Waals surface area contributed by atoms with Crippen LogP contribution in [0.5, 0.6) is 0 Å². The Morgan fingerprint density at radius 2 is 0.339 bits per heavy atom. The summed E-state index contributed by atoms with van der Waals surface area (Å²) in [7, 11) is 4.46. The topological polar surface area (TPSA) is 228 Å². The predicted octanol–water partition coefficient (Wildman–Crippen LogP) is 1.45. The molecule has 0 fully saturated rings. The minimum Gasteiger partial charge on any atom is -0.330 e. The first-order valence-corrected chi connectivity index (χ1v) is 23.2. The molecule has 14 heteroatoms. The highest BCUT2D eigenvalue weighted by atomic mass is 15.2. The van der Waals surface area contributed by atoms with Crippen molar-refractivity contribution in [2.75, 3.05) is 171 Å². The van der Waals surface area contributed by atoms with Crippen LogP contribution in [0.4, 0.5) is 0 Å². The molecule has 0 unspecified atom stereocenters. The molecule has 0 aromatic carbocycles. The quantitative estimate of drug-likeness (QED) is 0.0439. The van der Waals surface area contributed by atoms with Crippen molar-refractivity contribution < 1.29 is 0 Å². The summed E-state index contributed by atoms with van der Waals surface area (Å²) in [5.74, 6) is 0. The molecule has 344 valence electrons. The summed E-state index contributed by atoms with van der Waals surface area (Å²) in [6.07, 6.45) is 13.4. The average molecular weight is 807 g/mol. The van der Waals surface area contributed by atoms with E-state index in [0.717, 1.165) is 208 Å². The standard InChI is InChI=1S/2C19H47N7.2C2H6/c2*1-24(12-6-18-25(14-2-8-20)15-3-9-21)13-7-19-26(16-4-10-22)17-5-11-23;2*1-2/h2*2-23H2,1H3;2*1-2H3. The van der Waals surface area contributed by atoms with E-state index < -0.39 is 0 Å². The molecule has 14 nitrogen and oxygen atoms in total. The van der Waals surface area contributed by atoms with Gasteiger partial charge >= 0.3 is 0 Å². The summed E-state index contributed by atoms with van der Waals surface area (Å²) in [4.78, 5) is 14.9. The minimum absolute atomic E-state index is 0.768. The normalized spacial score (nSPS) is 11.4. The van der Waals surface area contributed by atoms with Gasteiger partial charge in [-0.05, 0) is 248 Å². The Morgan fingerprint density at radius 3 is 0.464 bits per heavy atom. The molecule has 56 heavy (non-hydrogen) atoms. The van der Waals surface area contributed by atoms with Gasteiger partial charge in [-0.15, -0.1) is 0 Å². The lowest BCUT2D eigenvalue weighted by Crippen LogP contribution is -2.33. The van der Waals surface area contributed by atoms with Crippen molar-refractivity contribution in [1.82, 2.24) is 29.4 Å². The van der Waals surface area contributed by atoms with Crippen LogP contribution in [0.3, 0.4) is 0 Å². The molecular weight excluding hydrogens is 701 g/mol. The molecule has 0 aliphatic carbocycles. The molecule has 0 amide bonds. The lowest BCUT2D eigenvalue weighted by Gasteiger charge is -2.25. The summed E-state index contributed by atoms with van der Waals surface area (Å²) < 4.78 is 0. The molecule has 0 atom stereocenters. The number of nitrogens with two attached hydrogens (primary N) is 8. The van der Waals surface area contributed by atoms with E-state index >= 15 is 0 Å². The smallest absolute Gasteiger partial charge is 0.000653 e. The first-order chi connectivity index (χ1) is 27.3. The summed E-state index contributed by atoms with van der Waals surface area (Å²) in [6, 6.07) is 0. The van der Waals surface area contributed by atoms with Crippen molar-refractivity contribution in [3.63, 3.8) is 0 Å². The largest absolute Gasteiger partial charge is 0.330 e. The maximum absolute atomic E-state index is 5.64. The van der Waals surface area contributed by atoms with Gasteiger partial charge in [0.15, 0.2) is 0 Å². The molecule has 0 saturated heterocycles. The third-order valence-electron chi connectivity index (χ3n) is 9.48. The highest BCUT2D eigenvalue weighted by molar-refractivity contribution is 4.66. The van der Waals surface area contributed by atoms with Crippen LogP contribution in [0.25, 0.3) is 0 Å². The van der Waals surface area contributed by atoms with Crippen molar-refractivity contribution in [3.05, 3.63) is 0 Å². The van der Waals surface area contributed by atoms with Crippen molar-refractivity contribution in [3.8, 4) is 0 Å². The second kappa shape index (κ2) is 54.4. The lowest BCUT2D eigenvalue weighted by atomic mass is 10.2. The first-order valence-electron chi connectivity index (χ1n) is 23.2. The van der Waals surface area contributed by atoms with E-state index in [4.69, 9.17) is 45.9 Å². The SMILES string of the molecule is CC.CC.CN(CCCN(CCCN)CCCN)CCCN(CCCN)CCCN.CN(CCCN(CCCN)CCCN)CCCN(CCCN)CCCN. The van der Waals surface area contributed by atoms with Crippen molar-refractivity contribution in [1.29, 1.82) is 0 Å². The fraction of sp³-hybridized carbons (Fsp3) is 1.00. The highest BCUT2D eigenvalue weighted by Gasteiger charge is 2.09. The van der Waals surface area contributed by atoms with E-state index in [-0.39, 0.29) is 0 Å². The number of nitrogens with zero attached hydrogens (tertiary/aromatic N) is 6. The summed E-state index contributed by atoms with van der Waals surface area (Å²) in [5, 5.41) is 0. The van der Waals surface area contributed by atoms with Crippen LogP contribution in [0.2, 0.25) is 0 Å². The number of hydrogen-bond donors (Lipinski definition) is 8. The van der Waals surface area contributed by atoms with Gasteiger partial charge in [-0.1, -0.05) is 27.7 Å². The molecule has 0 aromatic heterocycles. The maximum atomic E-state index is 5.64. The zero-order valence-electron chi connectivity index (χ0n) is 38.8. The van der Waals surface area contributed by atoms with Crippen molar-refractivity contribution in [2.24, 2.45) is 45.9 Å². The van der Waals surface area contributed by atoms with Gasteiger partial charge in [0.1, 0.15) is 0 Å². The monoisotopic (exact) mass is 807 g/mol. The highest BCUT2D eigenvalue weighted by Crippen LogP contribution is 2.02. The molecule has 16 N–H and O–H groups in total. The average Bonchev–Trinajstić information content (AvgIpc) is 3.22. The van der Waals surface area contributed by atoms with Crippen molar-refractivity contribution in [2.45, 2.75) is 105 Å². The Bertz CT molecular complexity index is 529. The molecule has 0 aliphatic rings. The van der Waals surface area contributed by atoms with Crippen LogP contribution in [-0.4, -0.2) is 201 Å². The minimum atomic E-state index is 0.768. The van der Waals surface area contributed by atoms with E-state index in [9.17, 15) is 0 Å². The Labute approximate surface area is 350 Å². The maximum Gasteiger partial charge on any atom is -0.000653 e. The van der Waals surface area contributed by atoms with Gasteiger partial charge in [0.25, 0.3) is 0 Å². The third kappa shape index (κ3) is 47.8. The van der Waals surface area contributed by atoms with Crippen molar-refractivity contribution >= 4 is 0 Å². The Balaban J connectivity index is -0.000000443. The molecule has 0 saturated carbocycles. The zero-order valence-corrected chi connectivity index (χ0v) is 38.8. The van der Waals surface area contributed by atoms with Gasteiger partial charge in [0.05, 0.1) is 0 Å². The fourth-order valence-corrected chi connectivity index (χ4v) is 6.34. The molecule has 0 heterocycles. The molecule has 0 bridgehead atoms. The number of rotatable bonds is 40. The predicted molar refractivity (Wildman–Crippen MR) is 251 cm³/mol. The second-order valence-electron chi connectivity index (χ2n) is 14.5. The van der Waals surface area contributed by atoms with E-state index in [0.29, 0.717) is 0 Å². The molecule has 0 rings (SSSR count). The molecule has 0 aliphatic heterocycles. The van der Waals surface area contributed by atoms with Gasteiger partial charge in [0.2, 0.25) is 0 Å². The second-order valence-corrected chi connectivity index (χ2v) is 14.5. The van der Waals surface area contributed by atoms with Crippen LogP contribution in [-0.2, 0) is 0 Å². The van der Waals surface area contributed by atoms with Gasteiger partial charge in [-0.25, -0.2) is 0 Å². The van der Waals surface area contributed by atoms with Crippen LogP contribution < -0.4 is 45.9 Å². The van der Waals surface area contributed by atoms with Gasteiger partial charge in [0, 0.05) is 0 Å². The summed E-state index contributed by atoms with van der Waals surface area (Å²) in [6.45, 7) is 32.1. The van der Waals surface area contributed by atoms with E-state index in [2.05, 4.69) is 43.5 Å². The van der Waals surface area contributed by atoms with E-state index in [1.165, 1.54) is 25.7 Å². The Kier molecular flexibility index (Phi) is 60.4. The molecular formula is C42H106N14. The van der Waals surface area contributed by atoms with Crippen LogP contribution in [0.1, 0.15) is 105 Å². The van der Waals surface area contributed by atoms with Gasteiger partial charge in [-0.3, -0.25) is 0 Å². The Morgan fingerprint density at radius 1 is 0.214 bits per heavy atom. The van der Waals surface area contributed by atoms with Crippen LogP contribution in [0, 0.1) is 0 Å². The van der Waals surface area contributed by atoms with E-state index in [1.807, 2.05) is 27.7 Å². The molecule has 0 aromatic rings. The fourth-order valence-electron chi connectivity index (χ4n) is 6.34. The van der Waals surface area contributed by atoms with Gasteiger partial charge in [-0.2, -0.15) is 0 Å². The van der Waals surface area contributed by atoms with E-state index in [1.54, 1.807) is 0 Å². The third-order valence-corrected chi connectivity index (χ3v) is 9.48. The zero-order chi connectivity index (χ0) is 42.9. The lowest BCUT2D eigenvalue weighted by molar-refractivity contribution is 0.225. The first kappa shape index (κ1) is 62.1. The summed E-state index contributed by atoms with van der Waals surface area (Å²) >= 11 is 0. The number of hydrogen-bond acceptors (Lipinski definition) is 14. The van der Waals surface area contributed by atoms with Crippen LogP contribution in [0.15, 0.2) is 0 Å². The Hall–Kier alpha value is -0.560. The summed E-state index contributed by atoms with van der Waals surface area (Å²) in [5.41, 5.74) is 45.2. The van der Waals surface area contributed by atoms with Gasteiger partial charge < -0.3 is 75.3 Å². The molecule has 0 radical (unpaired) electrons. The van der Waals surface area contributed by atoms with Crippen LogP contribution >= 0.6 is 0 Å².